The van der Waals surface area contributed by atoms with Gasteiger partial charge in [0.05, 0.1) is 16.8 Å². The quantitative estimate of drug-likeness (QED) is 0.185. The largest absolute Gasteiger partial charge is 0.384 e. The number of hydrogen-bond donors (Lipinski definition) is 1. The van der Waals surface area contributed by atoms with Crippen molar-refractivity contribution in [3.8, 4) is 5.69 Å². The molecule has 0 unspecified atom stereocenters. The van der Waals surface area contributed by atoms with Gasteiger partial charge in [-0.25, -0.2) is 9.78 Å². The number of aromatic nitrogens is 4. The molecule has 3 aromatic heterocycles. The molecule has 0 saturated heterocycles. The number of rotatable bonds is 5. The summed E-state index contributed by atoms with van der Waals surface area (Å²) >= 11 is 2.63. The van der Waals surface area contributed by atoms with Crippen molar-refractivity contribution in [1.82, 2.24) is 18.7 Å². The van der Waals surface area contributed by atoms with E-state index in [1.807, 2.05) is 30.3 Å². The topological polar surface area (TPSA) is 122 Å². The molecule has 9 nitrogen and oxygen atoms in total. The molecule has 0 fully saturated rings. The van der Waals surface area contributed by atoms with Crippen LogP contribution in [0, 0.1) is 0 Å². The van der Waals surface area contributed by atoms with E-state index in [2.05, 4.69) is 0 Å². The number of carbonyl (C=O) groups excluding carboxylic acids is 1. The number of aryl methyl sites for hydroxylation is 2. The van der Waals surface area contributed by atoms with Crippen molar-refractivity contribution in [1.29, 1.82) is 0 Å². The predicted octanol–water partition coefficient (Wildman–Crippen LogP) is 2.67. The monoisotopic (exact) mass is 523 g/mol. The second-order valence-corrected chi connectivity index (χ2v) is 10.8. The van der Waals surface area contributed by atoms with Gasteiger partial charge >= 0.3 is 5.69 Å². The number of fused-ring (bicyclic) bond motifs is 3. The molecular weight excluding hydrogens is 498 g/mol. The summed E-state index contributed by atoms with van der Waals surface area (Å²) in [6.45, 7) is 0. The highest BCUT2D eigenvalue weighted by atomic mass is 32.2. The molecule has 0 spiro atoms. The molecule has 0 saturated carbocycles. The van der Waals surface area contributed by atoms with E-state index in [-0.39, 0.29) is 22.7 Å². The van der Waals surface area contributed by atoms with E-state index >= 15 is 0 Å². The third kappa shape index (κ3) is 4.01. The molecule has 4 aromatic rings. The normalized spacial score (nSPS) is 13.5. The molecule has 36 heavy (non-hydrogen) atoms. The van der Waals surface area contributed by atoms with Crippen LogP contribution < -0.4 is 22.5 Å². The fourth-order valence-corrected chi connectivity index (χ4v) is 6.78. The highest BCUT2D eigenvalue weighted by molar-refractivity contribution is 7.99. The number of thioether (sulfide) groups is 1. The van der Waals surface area contributed by atoms with Crippen molar-refractivity contribution >= 4 is 44.9 Å². The zero-order chi connectivity index (χ0) is 25.6. The summed E-state index contributed by atoms with van der Waals surface area (Å²) in [5.41, 5.74) is 5.96. The lowest BCUT2D eigenvalue weighted by atomic mass is 10.1. The van der Waals surface area contributed by atoms with Gasteiger partial charge in [-0.15, -0.1) is 11.3 Å². The lowest BCUT2D eigenvalue weighted by molar-refractivity contribution is 0.102. The van der Waals surface area contributed by atoms with E-state index in [0.29, 0.717) is 21.1 Å². The van der Waals surface area contributed by atoms with Crippen molar-refractivity contribution in [3.63, 3.8) is 0 Å². The van der Waals surface area contributed by atoms with Gasteiger partial charge in [-0.05, 0) is 43.4 Å². The number of benzene rings is 1. The average molecular weight is 524 g/mol. The van der Waals surface area contributed by atoms with Crippen molar-refractivity contribution < 1.29 is 4.79 Å². The molecule has 2 N–H and O–H groups in total. The summed E-state index contributed by atoms with van der Waals surface area (Å²) in [6.07, 6.45) is 5.09. The van der Waals surface area contributed by atoms with Crippen LogP contribution in [0.1, 0.15) is 40.1 Å². The molecule has 5 rings (SSSR count). The van der Waals surface area contributed by atoms with E-state index in [1.54, 1.807) is 15.9 Å². The number of Topliss-reactive ketones (excluding diaryl/α,β-unsaturated/α-hetero) is 1. The van der Waals surface area contributed by atoms with E-state index in [9.17, 15) is 19.2 Å². The summed E-state index contributed by atoms with van der Waals surface area (Å²) in [5.74, 6) is -0.891. The number of hydrogen-bond acceptors (Lipinski definition) is 8. The molecule has 0 bridgehead atoms. The van der Waals surface area contributed by atoms with Crippen molar-refractivity contribution in [3.05, 3.63) is 77.5 Å². The second kappa shape index (κ2) is 9.55. The van der Waals surface area contributed by atoms with Crippen LogP contribution in [0.5, 0.6) is 0 Å². The number of ketones is 1. The maximum absolute atomic E-state index is 13.9. The van der Waals surface area contributed by atoms with E-state index in [1.165, 1.54) is 19.0 Å². The number of nitrogens with two attached hydrogens (primary N) is 1. The van der Waals surface area contributed by atoms with Crippen molar-refractivity contribution in [2.75, 3.05) is 11.5 Å². The highest BCUT2D eigenvalue weighted by Crippen LogP contribution is 2.34. The number of anilines is 1. The molecule has 1 aromatic carbocycles. The summed E-state index contributed by atoms with van der Waals surface area (Å²) < 4.78 is 3.47. The van der Waals surface area contributed by atoms with Gasteiger partial charge in [-0.3, -0.25) is 28.1 Å². The van der Waals surface area contributed by atoms with Gasteiger partial charge in [-0.1, -0.05) is 36.4 Å². The minimum atomic E-state index is -0.743. The second-order valence-electron chi connectivity index (χ2n) is 8.79. The van der Waals surface area contributed by atoms with E-state index in [0.717, 1.165) is 58.6 Å². The summed E-state index contributed by atoms with van der Waals surface area (Å²) in [7, 11) is 2.71. The Labute approximate surface area is 214 Å². The summed E-state index contributed by atoms with van der Waals surface area (Å²) in [4.78, 5) is 58.5. The first-order valence-electron chi connectivity index (χ1n) is 11.6. The molecular formula is C25H25N5O4S2. The summed E-state index contributed by atoms with van der Waals surface area (Å²) in [6, 6.07) is 9.20. The number of thiophene rings is 1. The minimum Gasteiger partial charge on any atom is -0.384 e. The number of nitrogen functional groups attached to an aromatic ring is 1. The first-order chi connectivity index (χ1) is 17.3. The Kier molecular flexibility index (Phi) is 6.44. The Morgan fingerprint density at radius 3 is 2.50 bits per heavy atom. The Morgan fingerprint density at radius 1 is 1.03 bits per heavy atom. The number of carbonyl (C=O) groups is 1. The third-order valence-electron chi connectivity index (χ3n) is 6.54. The van der Waals surface area contributed by atoms with Crippen LogP contribution in [0.15, 0.2) is 49.9 Å². The van der Waals surface area contributed by atoms with Gasteiger partial charge in [0.15, 0.2) is 10.9 Å². The Bertz CT molecular complexity index is 1680. The predicted molar refractivity (Wildman–Crippen MR) is 143 cm³/mol. The van der Waals surface area contributed by atoms with Gasteiger partial charge < -0.3 is 5.73 Å². The van der Waals surface area contributed by atoms with Crippen LogP contribution in [0.25, 0.3) is 15.9 Å². The smallest absolute Gasteiger partial charge is 0.332 e. The first-order valence-corrected chi connectivity index (χ1v) is 13.4. The summed E-state index contributed by atoms with van der Waals surface area (Å²) in [5, 5.41) is 1.02. The van der Waals surface area contributed by atoms with Gasteiger partial charge in [0.25, 0.3) is 11.1 Å². The van der Waals surface area contributed by atoms with E-state index in [4.69, 9.17) is 10.7 Å². The van der Waals surface area contributed by atoms with Gasteiger partial charge in [0.1, 0.15) is 16.2 Å². The Balaban J connectivity index is 1.61. The van der Waals surface area contributed by atoms with Gasteiger partial charge in [0.2, 0.25) is 0 Å². The zero-order valence-electron chi connectivity index (χ0n) is 19.9. The fraction of sp³-hybridized carbons (Fsp3) is 0.320. The molecule has 0 atom stereocenters. The third-order valence-corrected chi connectivity index (χ3v) is 8.67. The molecule has 186 valence electrons. The maximum atomic E-state index is 13.9. The maximum Gasteiger partial charge on any atom is 0.332 e. The van der Waals surface area contributed by atoms with Crippen LogP contribution in [-0.4, -0.2) is 30.2 Å². The lowest BCUT2D eigenvalue weighted by Crippen LogP contribution is -2.41. The van der Waals surface area contributed by atoms with Gasteiger partial charge in [0, 0.05) is 19.0 Å². The lowest BCUT2D eigenvalue weighted by Gasteiger charge is -2.13. The molecule has 1 aliphatic rings. The molecule has 0 amide bonds. The SMILES string of the molecule is Cn1c(N)c(C(=O)CSc2nc3sc4c(c3c(=O)n2-c2ccccc2)CCCCC4)c(=O)n(C)c1=O. The fourth-order valence-electron chi connectivity index (χ4n) is 4.59. The molecule has 1 aliphatic carbocycles. The van der Waals surface area contributed by atoms with Gasteiger partial charge in [-0.2, -0.15) is 0 Å². The Morgan fingerprint density at radius 2 is 1.75 bits per heavy atom. The first kappa shape index (κ1) is 24.3. The van der Waals surface area contributed by atoms with Crippen LogP contribution in [0.4, 0.5) is 5.82 Å². The number of para-hydroxylation sites is 1. The molecule has 3 heterocycles. The van der Waals surface area contributed by atoms with Crippen molar-refractivity contribution in [2.45, 2.75) is 37.3 Å². The van der Waals surface area contributed by atoms with E-state index < -0.39 is 17.0 Å². The molecule has 0 radical (unpaired) electrons. The molecule has 0 aliphatic heterocycles. The van der Waals surface area contributed by atoms with Crippen LogP contribution in [-0.2, 0) is 26.9 Å². The zero-order valence-corrected chi connectivity index (χ0v) is 21.6. The van der Waals surface area contributed by atoms with Crippen LogP contribution in [0.3, 0.4) is 0 Å². The average Bonchev–Trinajstić information content (AvgIpc) is 3.06. The minimum absolute atomic E-state index is 0.155. The van der Waals surface area contributed by atoms with Crippen LogP contribution >= 0.6 is 23.1 Å². The van der Waals surface area contributed by atoms with Crippen molar-refractivity contribution in [2.24, 2.45) is 14.1 Å². The standard InChI is InChI=1S/C25H25N5O4S2/c1-28-20(26)19(22(32)29(2)25(28)34)16(31)13-35-24-27-21-18(15-11-7-4-8-12-17(15)36-21)23(33)30(24)14-9-5-3-6-10-14/h3,5-6,9-10H,4,7-8,11-13,26H2,1-2H3. The number of nitrogens with zero attached hydrogens (tertiary/aromatic N) is 4. The highest BCUT2D eigenvalue weighted by Gasteiger charge is 2.24. The Hall–Kier alpha value is -3.44. The van der Waals surface area contributed by atoms with Crippen LogP contribution in [0.2, 0.25) is 0 Å². The molecule has 11 heteroatoms.